The molecule has 2 amide bonds. The monoisotopic (exact) mass is 638 g/mol. The first-order valence-electron chi connectivity index (χ1n) is 14.5. The van der Waals surface area contributed by atoms with E-state index >= 15 is 0 Å². The van der Waals surface area contributed by atoms with E-state index in [2.05, 4.69) is 20.6 Å². The van der Waals surface area contributed by atoms with Gasteiger partial charge in [0.2, 0.25) is 5.60 Å². The van der Waals surface area contributed by atoms with Gasteiger partial charge in [0, 0.05) is 33.7 Å². The van der Waals surface area contributed by atoms with Crippen LogP contribution in [0.5, 0.6) is 5.75 Å². The fourth-order valence-electron chi connectivity index (χ4n) is 5.24. The maximum Gasteiger partial charge on any atom is 0.424 e. The van der Waals surface area contributed by atoms with E-state index < -0.39 is 47.2 Å². The molecule has 1 aliphatic heterocycles. The smallest absolute Gasteiger partial charge is 0.424 e. The Bertz CT molecular complexity index is 1860. The van der Waals surface area contributed by atoms with Crippen molar-refractivity contribution in [2.24, 2.45) is 0 Å². The number of hydrogen-bond acceptors (Lipinski definition) is 7. The fourth-order valence-corrected chi connectivity index (χ4v) is 5.24. The Balaban J connectivity index is 1.36. The summed E-state index contributed by atoms with van der Waals surface area (Å²) >= 11 is 0. The summed E-state index contributed by atoms with van der Waals surface area (Å²) in [6, 6.07) is 10.5. The van der Waals surface area contributed by atoms with Crippen LogP contribution in [0, 0.1) is 12.7 Å². The number of carbonyl (C=O) groups excluding carboxylic acids is 2. The molecule has 2 aromatic carbocycles. The largest absolute Gasteiger partial charge is 0.490 e. The van der Waals surface area contributed by atoms with Gasteiger partial charge in [-0.05, 0) is 73.9 Å². The molecule has 4 aromatic rings. The minimum atomic E-state index is -5.28. The van der Waals surface area contributed by atoms with E-state index in [9.17, 15) is 32.3 Å². The highest BCUT2D eigenvalue weighted by Crippen LogP contribution is 2.47. The maximum absolute atomic E-state index is 14.8. The van der Waals surface area contributed by atoms with Crippen molar-refractivity contribution in [3.63, 3.8) is 0 Å². The van der Waals surface area contributed by atoms with Gasteiger partial charge in [-0.3, -0.25) is 15.1 Å². The lowest BCUT2D eigenvalue weighted by Gasteiger charge is -2.31. The number of aromatic nitrogens is 2. The Kier molecular flexibility index (Phi) is 7.62. The molecule has 1 fully saturated rings. The SMILES string of the molecule is Cc1cnc2c(NC(=O)OC3CC3)cc(C(=O)NC[C@](O)(c3cc4c(c(-c5ccc(F)cc5)n3)OCC4(C)C)C(F)(F)F)cc2c1. The quantitative estimate of drug-likeness (QED) is 0.203. The van der Waals surface area contributed by atoms with E-state index in [1.807, 2.05) is 0 Å². The van der Waals surface area contributed by atoms with Crippen LogP contribution in [-0.2, 0) is 15.8 Å². The third-order valence-corrected chi connectivity index (χ3v) is 8.01. The molecule has 240 valence electrons. The summed E-state index contributed by atoms with van der Waals surface area (Å²) < 4.78 is 69.0. The van der Waals surface area contributed by atoms with Crippen molar-refractivity contribution in [3.8, 4) is 17.0 Å². The van der Waals surface area contributed by atoms with Crippen molar-refractivity contribution >= 4 is 28.6 Å². The van der Waals surface area contributed by atoms with Crippen molar-refractivity contribution in [2.45, 2.75) is 56.9 Å². The van der Waals surface area contributed by atoms with Gasteiger partial charge in [0.25, 0.3) is 5.91 Å². The first-order chi connectivity index (χ1) is 21.6. The summed E-state index contributed by atoms with van der Waals surface area (Å²) in [7, 11) is 0. The number of anilines is 1. The third-order valence-electron chi connectivity index (χ3n) is 8.01. The summed E-state index contributed by atoms with van der Waals surface area (Å²) in [5.41, 5.74) is -3.34. The Morgan fingerprint density at radius 1 is 1.11 bits per heavy atom. The van der Waals surface area contributed by atoms with Gasteiger partial charge in [-0.25, -0.2) is 14.2 Å². The predicted molar refractivity (Wildman–Crippen MR) is 160 cm³/mol. The second-order valence-corrected chi connectivity index (χ2v) is 12.3. The molecule has 2 aromatic heterocycles. The lowest BCUT2D eigenvalue weighted by molar-refractivity contribution is -0.265. The van der Waals surface area contributed by atoms with Crippen LogP contribution < -0.4 is 15.4 Å². The van der Waals surface area contributed by atoms with Crippen LogP contribution in [0.15, 0.2) is 54.7 Å². The molecule has 3 heterocycles. The zero-order chi connectivity index (χ0) is 33.0. The predicted octanol–water partition coefficient (Wildman–Crippen LogP) is 6.31. The highest BCUT2D eigenvalue weighted by molar-refractivity contribution is 6.05. The Morgan fingerprint density at radius 2 is 1.83 bits per heavy atom. The molecule has 0 radical (unpaired) electrons. The van der Waals surface area contributed by atoms with E-state index in [-0.39, 0.29) is 41.0 Å². The number of ether oxygens (including phenoxy) is 2. The average molecular weight is 639 g/mol. The topological polar surface area (TPSA) is 123 Å². The standard InChI is InChI=1S/C33H30F4N4O5/c1-17-10-19-11-20(12-24(26(19)38-14-17)40-30(43)46-22-8-9-22)29(42)39-15-32(44,33(35,36)37)25-13-23-28(45-16-31(23,2)3)27(41-25)18-4-6-21(34)7-5-18/h4-7,10-14,22,44H,8-9,15-16H2,1-3H3,(H,39,42)(H,40,43)/t32-/m0/s1. The highest BCUT2D eigenvalue weighted by Gasteiger charge is 2.57. The van der Waals surface area contributed by atoms with Crippen molar-refractivity contribution in [1.29, 1.82) is 0 Å². The number of amides is 2. The van der Waals surface area contributed by atoms with Crippen molar-refractivity contribution in [3.05, 3.63) is 82.9 Å². The molecule has 9 nitrogen and oxygen atoms in total. The molecule has 3 N–H and O–H groups in total. The minimum Gasteiger partial charge on any atom is -0.490 e. The number of benzene rings is 2. The van der Waals surface area contributed by atoms with Crippen molar-refractivity contribution in [1.82, 2.24) is 15.3 Å². The van der Waals surface area contributed by atoms with Gasteiger partial charge in [-0.15, -0.1) is 0 Å². The molecule has 0 bridgehead atoms. The highest BCUT2D eigenvalue weighted by atomic mass is 19.4. The number of alkyl halides is 3. The molecule has 1 aliphatic carbocycles. The van der Waals surface area contributed by atoms with Crippen LogP contribution >= 0.6 is 0 Å². The number of hydrogen-bond donors (Lipinski definition) is 3. The average Bonchev–Trinajstić information content (AvgIpc) is 3.75. The normalized spacial score (nSPS) is 16.7. The van der Waals surface area contributed by atoms with Gasteiger partial charge in [0.1, 0.15) is 23.4 Å². The second kappa shape index (κ2) is 11.2. The maximum atomic E-state index is 14.8. The molecule has 6 rings (SSSR count). The van der Waals surface area contributed by atoms with Crippen LogP contribution in [0.4, 0.5) is 28.0 Å². The number of aryl methyl sites for hydroxylation is 1. The van der Waals surface area contributed by atoms with Gasteiger partial charge < -0.3 is 19.9 Å². The zero-order valence-corrected chi connectivity index (χ0v) is 25.1. The molecule has 1 saturated carbocycles. The Morgan fingerprint density at radius 3 is 2.50 bits per heavy atom. The third kappa shape index (κ3) is 5.94. The number of nitrogens with zero attached hydrogens (tertiary/aromatic N) is 2. The van der Waals surface area contributed by atoms with Gasteiger partial charge in [0.05, 0.1) is 30.0 Å². The molecule has 46 heavy (non-hydrogen) atoms. The summed E-state index contributed by atoms with van der Waals surface area (Å²) in [6.07, 6.45) is -3.17. The molecule has 1 atom stereocenters. The number of fused-ring (bicyclic) bond motifs is 2. The first kappa shape index (κ1) is 31.2. The van der Waals surface area contributed by atoms with E-state index in [4.69, 9.17) is 9.47 Å². The summed E-state index contributed by atoms with van der Waals surface area (Å²) in [5.74, 6) is -1.27. The van der Waals surface area contributed by atoms with Gasteiger partial charge >= 0.3 is 12.3 Å². The van der Waals surface area contributed by atoms with Gasteiger partial charge in [-0.1, -0.05) is 13.8 Å². The molecule has 13 heteroatoms. The van der Waals surface area contributed by atoms with Gasteiger partial charge in [-0.2, -0.15) is 13.2 Å². The zero-order valence-electron chi connectivity index (χ0n) is 25.1. The second-order valence-electron chi connectivity index (χ2n) is 12.3. The lowest BCUT2D eigenvalue weighted by Crippen LogP contribution is -2.51. The Hall–Kier alpha value is -4.78. The summed E-state index contributed by atoms with van der Waals surface area (Å²) in [5, 5.41) is 16.5. The van der Waals surface area contributed by atoms with Crippen molar-refractivity contribution in [2.75, 3.05) is 18.5 Å². The summed E-state index contributed by atoms with van der Waals surface area (Å²) in [6.45, 7) is 4.17. The number of pyridine rings is 2. The fraction of sp³-hybridized carbons (Fsp3) is 0.333. The van der Waals surface area contributed by atoms with E-state index in [0.29, 0.717) is 16.5 Å². The van der Waals surface area contributed by atoms with Crippen LogP contribution in [0.1, 0.15) is 53.9 Å². The van der Waals surface area contributed by atoms with Crippen LogP contribution in [0.2, 0.25) is 0 Å². The van der Waals surface area contributed by atoms with E-state index in [0.717, 1.165) is 36.6 Å². The lowest BCUT2D eigenvalue weighted by atomic mass is 9.84. The molecule has 0 unspecified atom stereocenters. The summed E-state index contributed by atoms with van der Waals surface area (Å²) in [4.78, 5) is 34.3. The van der Waals surface area contributed by atoms with E-state index in [1.165, 1.54) is 24.3 Å². The van der Waals surface area contributed by atoms with Crippen LogP contribution in [0.3, 0.4) is 0 Å². The van der Waals surface area contributed by atoms with Gasteiger partial charge in [0.15, 0.2) is 0 Å². The Labute approximate surface area is 261 Å². The molecular formula is C33H30F4N4O5. The van der Waals surface area contributed by atoms with Crippen LogP contribution in [0.25, 0.3) is 22.2 Å². The molecule has 0 saturated heterocycles. The molecular weight excluding hydrogens is 608 g/mol. The van der Waals surface area contributed by atoms with Crippen LogP contribution in [-0.4, -0.2) is 52.5 Å². The van der Waals surface area contributed by atoms with E-state index in [1.54, 1.807) is 33.0 Å². The number of aliphatic hydroxyl groups is 1. The molecule has 2 aliphatic rings. The molecule has 0 spiro atoms. The number of rotatable bonds is 7. The first-order valence-corrected chi connectivity index (χ1v) is 14.5. The number of halogens is 4. The number of carbonyl (C=O) groups is 2. The van der Waals surface area contributed by atoms with Crippen molar-refractivity contribution < 1.29 is 41.7 Å². The minimum absolute atomic E-state index is 0.00160. The number of nitrogens with one attached hydrogen (secondary N) is 2.